The minimum atomic E-state index is -4.71. The Labute approximate surface area is 88.5 Å². The summed E-state index contributed by atoms with van der Waals surface area (Å²) in [7, 11) is 0. The molecule has 0 saturated heterocycles. The fourth-order valence-electron chi connectivity index (χ4n) is 1.17. The molecule has 0 aliphatic rings. The van der Waals surface area contributed by atoms with Gasteiger partial charge in [0.2, 0.25) is 0 Å². The van der Waals surface area contributed by atoms with Crippen LogP contribution in [-0.2, 0) is 11.3 Å². The lowest BCUT2D eigenvalue weighted by molar-refractivity contribution is -0.325. The number of ether oxygens (including phenoxy) is 1. The average molecular weight is 238 g/mol. The van der Waals surface area contributed by atoms with Gasteiger partial charge in [-0.05, 0) is 6.92 Å². The zero-order valence-corrected chi connectivity index (χ0v) is 8.28. The third-order valence-corrected chi connectivity index (χ3v) is 1.85. The van der Waals surface area contributed by atoms with Crippen LogP contribution in [0.4, 0.5) is 13.2 Å². The van der Waals surface area contributed by atoms with Crippen molar-refractivity contribution in [3.05, 3.63) is 17.7 Å². The zero-order chi connectivity index (χ0) is 12.3. The lowest BCUT2D eigenvalue weighted by atomic mass is 10.4. The molecule has 0 fully saturated rings. The Kier molecular flexibility index (Phi) is 3.53. The molecule has 0 bridgehead atoms. The molecule has 0 saturated carbocycles. The summed E-state index contributed by atoms with van der Waals surface area (Å²) in [6.45, 7) is 0.633. The van der Waals surface area contributed by atoms with Crippen LogP contribution in [0.25, 0.3) is 0 Å². The Balaban J connectivity index is 2.66. The van der Waals surface area contributed by atoms with E-state index >= 15 is 0 Å². The number of carbonyl (C=O) groups is 1. The van der Waals surface area contributed by atoms with E-state index in [1.807, 2.05) is 0 Å². The lowest BCUT2D eigenvalue weighted by Crippen LogP contribution is -2.19. The molecular weight excluding hydrogens is 229 g/mol. The second-order valence-electron chi connectivity index (χ2n) is 2.94. The van der Waals surface area contributed by atoms with Gasteiger partial charge in [-0.15, -0.1) is 13.2 Å². The molecule has 0 unspecified atom stereocenters. The Morgan fingerprint density at radius 3 is 2.75 bits per heavy atom. The Bertz CT molecular complexity index is 386. The van der Waals surface area contributed by atoms with Crippen LogP contribution in [0.5, 0.6) is 0 Å². The van der Waals surface area contributed by atoms with E-state index in [-0.39, 0.29) is 12.2 Å². The van der Waals surface area contributed by atoms with Gasteiger partial charge in [-0.25, -0.2) is 9.78 Å². The lowest BCUT2D eigenvalue weighted by Gasteiger charge is -2.10. The summed E-state index contributed by atoms with van der Waals surface area (Å²) in [6.07, 6.45) is -3.62. The first-order chi connectivity index (χ1) is 7.31. The summed E-state index contributed by atoms with van der Waals surface area (Å²) >= 11 is 0. The van der Waals surface area contributed by atoms with Crippen LogP contribution in [-0.4, -0.2) is 33.6 Å². The van der Waals surface area contributed by atoms with E-state index < -0.39 is 18.9 Å². The SMILES string of the molecule is Cc1ncc(C(=O)O)n1CCOC(F)(F)F. The van der Waals surface area contributed by atoms with Gasteiger partial charge in [0.25, 0.3) is 0 Å². The van der Waals surface area contributed by atoms with Gasteiger partial charge in [-0.3, -0.25) is 4.74 Å². The highest BCUT2D eigenvalue weighted by atomic mass is 19.4. The van der Waals surface area contributed by atoms with Crippen molar-refractivity contribution >= 4 is 5.97 Å². The smallest absolute Gasteiger partial charge is 0.477 e. The molecule has 1 rings (SSSR count). The van der Waals surface area contributed by atoms with Gasteiger partial charge < -0.3 is 9.67 Å². The summed E-state index contributed by atoms with van der Waals surface area (Å²) in [5, 5.41) is 8.71. The highest BCUT2D eigenvalue weighted by Crippen LogP contribution is 2.16. The molecular formula is C8H9F3N2O3. The van der Waals surface area contributed by atoms with Gasteiger partial charge >= 0.3 is 12.3 Å². The summed E-state index contributed by atoms with van der Waals surface area (Å²) in [5.41, 5.74) is -0.164. The normalized spacial score (nSPS) is 11.8. The fourth-order valence-corrected chi connectivity index (χ4v) is 1.17. The number of aromatic carboxylic acids is 1. The third-order valence-electron chi connectivity index (χ3n) is 1.85. The molecule has 1 aromatic heterocycles. The summed E-state index contributed by atoms with van der Waals surface area (Å²) < 4.78 is 39.7. The second kappa shape index (κ2) is 4.52. The maximum absolute atomic E-state index is 11.7. The number of aryl methyl sites for hydroxylation is 1. The highest BCUT2D eigenvalue weighted by molar-refractivity contribution is 5.85. The summed E-state index contributed by atoms with van der Waals surface area (Å²) in [5.74, 6) is -0.921. The van der Waals surface area contributed by atoms with Crippen LogP contribution in [0.1, 0.15) is 16.3 Å². The molecule has 16 heavy (non-hydrogen) atoms. The van der Waals surface area contributed by atoms with Gasteiger partial charge in [-0.2, -0.15) is 0 Å². The maximum atomic E-state index is 11.7. The molecule has 1 heterocycles. The number of rotatable bonds is 4. The minimum Gasteiger partial charge on any atom is -0.477 e. The minimum absolute atomic E-state index is 0.164. The fraction of sp³-hybridized carbons (Fsp3) is 0.500. The number of imidazole rings is 1. The van der Waals surface area contributed by atoms with E-state index in [0.29, 0.717) is 5.82 Å². The average Bonchev–Trinajstić information content (AvgIpc) is 2.46. The third kappa shape index (κ3) is 3.23. The Morgan fingerprint density at radius 1 is 1.62 bits per heavy atom. The molecule has 0 aliphatic heterocycles. The predicted molar refractivity (Wildman–Crippen MR) is 45.9 cm³/mol. The van der Waals surface area contributed by atoms with E-state index in [1.54, 1.807) is 0 Å². The Hall–Kier alpha value is -1.57. The van der Waals surface area contributed by atoms with Gasteiger partial charge in [-0.1, -0.05) is 0 Å². The van der Waals surface area contributed by atoms with E-state index in [1.165, 1.54) is 6.92 Å². The molecule has 0 radical (unpaired) electrons. The zero-order valence-electron chi connectivity index (χ0n) is 8.28. The van der Waals surface area contributed by atoms with Crippen molar-refractivity contribution in [3.63, 3.8) is 0 Å². The Morgan fingerprint density at radius 2 is 2.25 bits per heavy atom. The van der Waals surface area contributed by atoms with Crippen LogP contribution < -0.4 is 0 Å². The molecule has 90 valence electrons. The van der Waals surface area contributed by atoms with Crippen molar-refractivity contribution in [3.8, 4) is 0 Å². The molecule has 0 atom stereocenters. The van der Waals surface area contributed by atoms with Gasteiger partial charge in [0.15, 0.2) is 0 Å². The number of carboxylic acids is 1. The van der Waals surface area contributed by atoms with Crippen LogP contribution in [0.15, 0.2) is 6.20 Å². The van der Waals surface area contributed by atoms with E-state index in [0.717, 1.165) is 10.8 Å². The maximum Gasteiger partial charge on any atom is 0.522 e. The number of aromatic nitrogens is 2. The van der Waals surface area contributed by atoms with Crippen molar-refractivity contribution in [2.24, 2.45) is 0 Å². The van der Waals surface area contributed by atoms with Gasteiger partial charge in [0.1, 0.15) is 11.5 Å². The van der Waals surface area contributed by atoms with Crippen LogP contribution in [0, 0.1) is 6.92 Å². The van der Waals surface area contributed by atoms with Gasteiger partial charge in [0, 0.05) is 6.54 Å². The molecule has 0 aliphatic carbocycles. The first-order valence-electron chi connectivity index (χ1n) is 4.27. The molecule has 0 amide bonds. The van der Waals surface area contributed by atoms with Crippen LogP contribution in [0.3, 0.4) is 0 Å². The quantitative estimate of drug-likeness (QED) is 0.861. The first kappa shape index (κ1) is 12.5. The predicted octanol–water partition coefficient (Wildman–Crippen LogP) is 1.43. The molecule has 1 N–H and O–H groups in total. The van der Waals surface area contributed by atoms with Crippen LogP contribution >= 0.6 is 0 Å². The highest BCUT2D eigenvalue weighted by Gasteiger charge is 2.29. The number of hydrogen-bond donors (Lipinski definition) is 1. The number of nitrogens with zero attached hydrogens (tertiary/aromatic N) is 2. The molecule has 5 nitrogen and oxygen atoms in total. The number of alkyl halides is 3. The molecule has 0 spiro atoms. The summed E-state index contributed by atoms with van der Waals surface area (Å²) in [6, 6.07) is 0. The largest absolute Gasteiger partial charge is 0.522 e. The number of hydrogen-bond acceptors (Lipinski definition) is 3. The van der Waals surface area contributed by atoms with Crippen molar-refractivity contribution in [2.45, 2.75) is 19.8 Å². The molecule has 8 heteroatoms. The second-order valence-corrected chi connectivity index (χ2v) is 2.94. The van der Waals surface area contributed by atoms with Gasteiger partial charge in [0.05, 0.1) is 12.8 Å². The van der Waals surface area contributed by atoms with Crippen molar-refractivity contribution in [1.82, 2.24) is 9.55 Å². The molecule has 0 aromatic carbocycles. The topological polar surface area (TPSA) is 64.3 Å². The van der Waals surface area contributed by atoms with E-state index in [4.69, 9.17) is 5.11 Å². The monoisotopic (exact) mass is 238 g/mol. The van der Waals surface area contributed by atoms with Crippen molar-refractivity contribution in [2.75, 3.05) is 6.61 Å². The number of halogens is 3. The standard InChI is InChI=1S/C8H9F3N2O3/c1-5-12-4-6(7(14)15)13(5)2-3-16-8(9,10)11/h4H,2-3H2,1H3,(H,14,15). The van der Waals surface area contributed by atoms with Crippen LogP contribution in [0.2, 0.25) is 0 Å². The van der Waals surface area contributed by atoms with E-state index in [2.05, 4.69) is 9.72 Å². The first-order valence-corrected chi connectivity index (χ1v) is 4.27. The summed E-state index contributed by atoms with van der Waals surface area (Å²) in [4.78, 5) is 14.4. The van der Waals surface area contributed by atoms with E-state index in [9.17, 15) is 18.0 Å². The van der Waals surface area contributed by atoms with Crippen molar-refractivity contribution in [1.29, 1.82) is 0 Å². The number of carboxylic acid groups (broad SMARTS) is 1. The molecule has 1 aromatic rings. The van der Waals surface area contributed by atoms with Crippen molar-refractivity contribution < 1.29 is 27.8 Å².